The summed E-state index contributed by atoms with van der Waals surface area (Å²) in [5.74, 6) is -0.816. The van der Waals surface area contributed by atoms with E-state index >= 15 is 0 Å². The van der Waals surface area contributed by atoms with Gasteiger partial charge in [0.2, 0.25) is 0 Å². The van der Waals surface area contributed by atoms with E-state index in [9.17, 15) is 13.2 Å². The molecule has 1 heterocycles. The number of aromatic nitrogens is 1. The lowest BCUT2D eigenvalue weighted by molar-refractivity contribution is -0.135. The van der Waals surface area contributed by atoms with Crippen molar-refractivity contribution in [2.45, 2.75) is 23.0 Å². The van der Waals surface area contributed by atoms with Crippen molar-refractivity contribution in [1.29, 1.82) is 0 Å². The number of nitrogens with one attached hydrogen (secondary N) is 1. The number of carboxylic acids is 1. The molecule has 0 amide bonds. The van der Waals surface area contributed by atoms with Crippen LogP contribution in [0, 0.1) is 0 Å². The maximum absolute atomic E-state index is 11.6. The largest absolute Gasteiger partial charge is 0.480 e. The van der Waals surface area contributed by atoms with E-state index in [0.29, 0.717) is 5.92 Å². The molecule has 0 atom stereocenters. The SMILES string of the molecule is O=C(O)CNS(=O)(=O)c1cnc(C2CC2)s1. The number of nitrogens with zero attached hydrogens (tertiary/aromatic N) is 1. The molecule has 0 spiro atoms. The van der Waals surface area contributed by atoms with E-state index in [0.717, 1.165) is 29.2 Å². The van der Waals surface area contributed by atoms with E-state index in [2.05, 4.69) is 4.98 Å². The Morgan fingerprint density at radius 3 is 2.88 bits per heavy atom. The predicted molar refractivity (Wildman–Crippen MR) is 56.9 cm³/mol. The first-order valence-corrected chi connectivity index (χ1v) is 6.96. The van der Waals surface area contributed by atoms with E-state index in [1.807, 2.05) is 4.72 Å². The first kappa shape index (κ1) is 11.5. The minimum Gasteiger partial charge on any atom is -0.480 e. The van der Waals surface area contributed by atoms with Gasteiger partial charge in [-0.25, -0.2) is 13.4 Å². The third kappa shape index (κ3) is 2.57. The fourth-order valence-corrected chi connectivity index (χ4v) is 3.48. The first-order valence-electron chi connectivity index (χ1n) is 4.66. The van der Waals surface area contributed by atoms with E-state index in [1.54, 1.807) is 0 Å². The Balaban J connectivity index is 2.11. The van der Waals surface area contributed by atoms with Crippen LogP contribution < -0.4 is 4.72 Å². The van der Waals surface area contributed by atoms with Crippen LogP contribution in [0.1, 0.15) is 23.8 Å². The molecular weight excluding hydrogens is 252 g/mol. The Hall–Kier alpha value is -0.990. The highest BCUT2D eigenvalue weighted by Crippen LogP contribution is 2.42. The molecule has 0 unspecified atom stereocenters. The minimum absolute atomic E-state index is 0.0793. The van der Waals surface area contributed by atoms with E-state index in [-0.39, 0.29) is 4.21 Å². The normalized spacial score (nSPS) is 16.2. The number of hydrogen-bond acceptors (Lipinski definition) is 5. The summed E-state index contributed by atoms with van der Waals surface area (Å²) in [6.45, 7) is -0.612. The summed E-state index contributed by atoms with van der Waals surface area (Å²) in [4.78, 5) is 14.3. The van der Waals surface area contributed by atoms with Crippen LogP contribution in [0.4, 0.5) is 0 Å². The molecule has 1 aliphatic carbocycles. The van der Waals surface area contributed by atoms with Gasteiger partial charge >= 0.3 is 5.97 Å². The van der Waals surface area contributed by atoms with Crippen LogP contribution in [0.2, 0.25) is 0 Å². The first-order chi connectivity index (χ1) is 7.49. The van der Waals surface area contributed by atoms with Gasteiger partial charge in [-0.05, 0) is 12.8 Å². The Bertz CT molecular complexity index is 504. The fraction of sp³-hybridized carbons (Fsp3) is 0.500. The van der Waals surface area contributed by atoms with Gasteiger partial charge < -0.3 is 5.11 Å². The van der Waals surface area contributed by atoms with Crippen LogP contribution in [0.15, 0.2) is 10.4 Å². The second-order valence-electron chi connectivity index (χ2n) is 3.51. The van der Waals surface area contributed by atoms with E-state index < -0.39 is 22.5 Å². The van der Waals surface area contributed by atoms with Gasteiger partial charge in [-0.15, -0.1) is 11.3 Å². The zero-order valence-electron chi connectivity index (χ0n) is 8.21. The Kier molecular flexibility index (Phi) is 2.96. The molecule has 16 heavy (non-hydrogen) atoms. The standard InChI is InChI=1S/C8H10N2O4S2/c11-6(12)3-10-16(13,14)7-4-9-8(15-7)5-1-2-5/h4-5,10H,1-3H2,(H,11,12). The van der Waals surface area contributed by atoms with Crippen LogP contribution in [-0.2, 0) is 14.8 Å². The van der Waals surface area contributed by atoms with Crippen molar-refractivity contribution in [2.75, 3.05) is 6.54 Å². The lowest BCUT2D eigenvalue weighted by Gasteiger charge is -1.99. The number of hydrogen-bond donors (Lipinski definition) is 2. The molecule has 1 aromatic rings. The molecular formula is C8H10N2O4S2. The molecule has 0 saturated heterocycles. The van der Waals surface area contributed by atoms with Gasteiger partial charge in [-0.1, -0.05) is 0 Å². The summed E-state index contributed by atoms with van der Waals surface area (Å²) in [7, 11) is -3.72. The number of aliphatic carboxylic acids is 1. The molecule has 0 aromatic carbocycles. The van der Waals surface area contributed by atoms with Crippen molar-refractivity contribution in [1.82, 2.24) is 9.71 Å². The van der Waals surface area contributed by atoms with Crippen LogP contribution >= 0.6 is 11.3 Å². The topological polar surface area (TPSA) is 96.4 Å². The number of rotatable bonds is 5. The number of sulfonamides is 1. The summed E-state index contributed by atoms with van der Waals surface area (Å²) in [5, 5.41) is 9.20. The van der Waals surface area contributed by atoms with Gasteiger partial charge in [0, 0.05) is 5.92 Å². The molecule has 8 heteroatoms. The third-order valence-corrected chi connectivity index (χ3v) is 5.13. The molecule has 1 saturated carbocycles. The van der Waals surface area contributed by atoms with Crippen LogP contribution in [0.3, 0.4) is 0 Å². The van der Waals surface area contributed by atoms with Crippen molar-refractivity contribution in [3.8, 4) is 0 Å². The summed E-state index contributed by atoms with van der Waals surface area (Å²) in [6, 6.07) is 0. The highest BCUT2D eigenvalue weighted by Gasteiger charge is 2.28. The molecule has 1 aromatic heterocycles. The highest BCUT2D eigenvalue weighted by atomic mass is 32.2. The quantitative estimate of drug-likeness (QED) is 0.799. The smallest absolute Gasteiger partial charge is 0.318 e. The lowest BCUT2D eigenvalue weighted by Crippen LogP contribution is -2.28. The van der Waals surface area contributed by atoms with E-state index in [4.69, 9.17) is 5.11 Å². The molecule has 2 rings (SSSR count). The summed E-state index contributed by atoms with van der Waals surface area (Å²) >= 11 is 1.11. The predicted octanol–water partition coefficient (Wildman–Crippen LogP) is 0.383. The van der Waals surface area contributed by atoms with Gasteiger partial charge in [0.15, 0.2) is 4.21 Å². The third-order valence-electron chi connectivity index (χ3n) is 2.11. The zero-order valence-corrected chi connectivity index (χ0v) is 9.84. The molecule has 0 bridgehead atoms. The van der Waals surface area contributed by atoms with Crippen molar-refractivity contribution in [3.63, 3.8) is 0 Å². The highest BCUT2D eigenvalue weighted by molar-refractivity contribution is 7.91. The van der Waals surface area contributed by atoms with Crippen molar-refractivity contribution >= 4 is 27.3 Å². The van der Waals surface area contributed by atoms with Gasteiger partial charge in [0.25, 0.3) is 10.0 Å². The van der Waals surface area contributed by atoms with Gasteiger partial charge in [-0.2, -0.15) is 4.72 Å². The van der Waals surface area contributed by atoms with Gasteiger partial charge in [0.05, 0.1) is 11.2 Å². The lowest BCUT2D eigenvalue weighted by atomic mass is 10.5. The maximum atomic E-state index is 11.6. The van der Waals surface area contributed by atoms with Crippen LogP contribution in [0.5, 0.6) is 0 Å². The summed E-state index contributed by atoms with van der Waals surface area (Å²) < 4.78 is 25.2. The Morgan fingerprint density at radius 2 is 2.31 bits per heavy atom. The molecule has 6 nitrogen and oxygen atoms in total. The maximum Gasteiger partial charge on any atom is 0.318 e. The van der Waals surface area contributed by atoms with Crippen molar-refractivity contribution in [3.05, 3.63) is 11.2 Å². The van der Waals surface area contributed by atoms with Crippen molar-refractivity contribution in [2.24, 2.45) is 0 Å². The van der Waals surface area contributed by atoms with E-state index in [1.165, 1.54) is 6.20 Å². The molecule has 1 fully saturated rings. The average molecular weight is 262 g/mol. The van der Waals surface area contributed by atoms with Crippen LogP contribution in [0.25, 0.3) is 0 Å². The second kappa shape index (κ2) is 4.11. The van der Waals surface area contributed by atoms with Crippen molar-refractivity contribution < 1.29 is 18.3 Å². The second-order valence-corrected chi connectivity index (χ2v) is 6.57. The number of carboxylic acid groups (broad SMARTS) is 1. The Labute approximate surface area is 96.4 Å². The zero-order chi connectivity index (χ0) is 11.8. The monoisotopic (exact) mass is 262 g/mol. The Morgan fingerprint density at radius 1 is 1.62 bits per heavy atom. The summed E-state index contributed by atoms with van der Waals surface area (Å²) in [5.41, 5.74) is 0. The van der Waals surface area contributed by atoms with Crippen LogP contribution in [-0.4, -0.2) is 31.0 Å². The molecule has 0 radical (unpaired) electrons. The molecule has 2 N–H and O–H groups in total. The molecule has 0 aliphatic heterocycles. The number of thiazole rings is 1. The fourth-order valence-electron chi connectivity index (χ4n) is 1.14. The van der Waals surface area contributed by atoms with Gasteiger partial charge in [-0.3, -0.25) is 4.79 Å². The average Bonchev–Trinajstić information content (AvgIpc) is 2.93. The minimum atomic E-state index is -3.72. The molecule has 1 aliphatic rings. The van der Waals surface area contributed by atoms with Gasteiger partial charge in [0.1, 0.15) is 6.54 Å². The summed E-state index contributed by atoms with van der Waals surface area (Å²) in [6.07, 6.45) is 3.38. The molecule has 88 valence electrons. The number of carbonyl (C=O) groups is 1.